The predicted molar refractivity (Wildman–Crippen MR) is 99.9 cm³/mol. The highest BCUT2D eigenvalue weighted by Gasteiger charge is 2.13. The fourth-order valence-corrected chi connectivity index (χ4v) is 3.87. The average molecular weight is 357 g/mol. The van der Waals surface area contributed by atoms with Crippen molar-refractivity contribution in [1.29, 1.82) is 0 Å². The topological polar surface area (TPSA) is 64.0 Å². The van der Waals surface area contributed by atoms with Crippen LogP contribution in [0.2, 0.25) is 0 Å². The van der Waals surface area contributed by atoms with E-state index in [4.69, 9.17) is 0 Å². The van der Waals surface area contributed by atoms with Gasteiger partial charge in [-0.15, -0.1) is 0 Å². The maximum absolute atomic E-state index is 12.4. The van der Waals surface area contributed by atoms with Crippen LogP contribution in [0.5, 0.6) is 0 Å². The molecule has 0 atom stereocenters. The minimum absolute atomic E-state index is 0.301. The first-order chi connectivity index (χ1) is 12.0. The van der Waals surface area contributed by atoms with E-state index in [-0.39, 0.29) is 0 Å². The summed E-state index contributed by atoms with van der Waals surface area (Å²) in [5.41, 5.74) is 3.06. The van der Waals surface area contributed by atoms with Crippen molar-refractivity contribution in [3.8, 4) is 0 Å². The fraction of sp³-hybridized carbons (Fsp3) is 0.316. The number of imidazole rings is 1. The third-order valence-corrected chi connectivity index (χ3v) is 5.53. The Balaban J connectivity index is 1.63. The van der Waals surface area contributed by atoms with Gasteiger partial charge in [0.15, 0.2) is 0 Å². The van der Waals surface area contributed by atoms with Crippen molar-refractivity contribution in [2.75, 3.05) is 6.54 Å². The number of nitrogens with one attached hydrogen (secondary N) is 1. The number of sulfonamides is 1. The van der Waals surface area contributed by atoms with Crippen LogP contribution >= 0.6 is 0 Å². The van der Waals surface area contributed by atoms with Crippen molar-refractivity contribution in [2.45, 2.75) is 31.7 Å². The molecule has 132 valence electrons. The minimum atomic E-state index is -3.50. The first kappa shape index (κ1) is 17.6. The normalized spacial score (nSPS) is 12.1. The maximum atomic E-state index is 12.4. The molecule has 0 spiro atoms. The van der Waals surface area contributed by atoms with Gasteiger partial charge in [-0.1, -0.05) is 38.1 Å². The van der Waals surface area contributed by atoms with Crippen molar-refractivity contribution < 1.29 is 8.42 Å². The van der Waals surface area contributed by atoms with E-state index in [0.29, 0.717) is 23.9 Å². The molecule has 25 heavy (non-hydrogen) atoms. The van der Waals surface area contributed by atoms with Crippen LogP contribution in [0.25, 0.3) is 11.0 Å². The molecule has 3 aromatic rings. The number of para-hydroxylation sites is 2. The predicted octanol–water partition coefficient (Wildman–Crippen LogP) is 3.21. The van der Waals surface area contributed by atoms with E-state index < -0.39 is 10.0 Å². The maximum Gasteiger partial charge on any atom is 0.240 e. The molecule has 3 rings (SSSR count). The molecule has 0 bridgehead atoms. The van der Waals surface area contributed by atoms with E-state index in [1.165, 1.54) is 0 Å². The largest absolute Gasteiger partial charge is 0.329 e. The SMILES string of the molecule is CC(C)Cc1ccc(S(=O)(=O)NCCn2cnc3ccccc32)cc1. The Morgan fingerprint density at radius 1 is 1.08 bits per heavy atom. The zero-order valence-electron chi connectivity index (χ0n) is 14.5. The van der Waals surface area contributed by atoms with Crippen LogP contribution < -0.4 is 4.72 Å². The van der Waals surface area contributed by atoms with Crippen molar-refractivity contribution >= 4 is 21.1 Å². The van der Waals surface area contributed by atoms with Crippen LogP contribution in [0.15, 0.2) is 59.8 Å². The van der Waals surface area contributed by atoms with Crippen molar-refractivity contribution in [3.05, 3.63) is 60.4 Å². The number of rotatable bonds is 7. The van der Waals surface area contributed by atoms with Crippen molar-refractivity contribution in [1.82, 2.24) is 14.3 Å². The van der Waals surface area contributed by atoms with Crippen LogP contribution in [-0.4, -0.2) is 24.5 Å². The van der Waals surface area contributed by atoms with Gasteiger partial charge in [0.25, 0.3) is 0 Å². The van der Waals surface area contributed by atoms with Gasteiger partial charge < -0.3 is 4.57 Å². The smallest absolute Gasteiger partial charge is 0.240 e. The molecule has 0 radical (unpaired) electrons. The number of hydrogen-bond acceptors (Lipinski definition) is 3. The van der Waals surface area contributed by atoms with Crippen LogP contribution in [0, 0.1) is 5.92 Å². The average Bonchev–Trinajstić information content (AvgIpc) is 2.98. The molecule has 0 aliphatic rings. The van der Waals surface area contributed by atoms with E-state index in [0.717, 1.165) is 23.0 Å². The Morgan fingerprint density at radius 3 is 2.52 bits per heavy atom. The third kappa shape index (κ3) is 4.27. The minimum Gasteiger partial charge on any atom is -0.329 e. The number of aromatic nitrogens is 2. The van der Waals surface area contributed by atoms with Crippen LogP contribution in [-0.2, 0) is 23.0 Å². The fourth-order valence-electron chi connectivity index (χ4n) is 2.85. The van der Waals surface area contributed by atoms with Gasteiger partial charge in [0.05, 0.1) is 22.3 Å². The second-order valence-electron chi connectivity index (χ2n) is 6.57. The van der Waals surface area contributed by atoms with E-state index in [1.54, 1.807) is 18.5 Å². The second kappa shape index (κ2) is 7.37. The molecular weight excluding hydrogens is 334 g/mol. The molecule has 0 aliphatic heterocycles. The summed E-state index contributed by atoms with van der Waals surface area (Å²) in [5, 5.41) is 0. The molecule has 1 aromatic heterocycles. The van der Waals surface area contributed by atoms with Gasteiger partial charge in [0.2, 0.25) is 10.0 Å². The quantitative estimate of drug-likeness (QED) is 0.706. The van der Waals surface area contributed by atoms with Crippen LogP contribution in [0.1, 0.15) is 19.4 Å². The first-order valence-corrected chi connectivity index (χ1v) is 9.92. The molecule has 1 N–H and O–H groups in total. The summed E-state index contributed by atoms with van der Waals surface area (Å²) in [6.07, 6.45) is 2.68. The summed E-state index contributed by atoms with van der Waals surface area (Å²) in [6.45, 7) is 5.14. The second-order valence-corrected chi connectivity index (χ2v) is 8.33. The molecule has 0 aliphatic carbocycles. The Labute approximate surface area is 148 Å². The zero-order valence-corrected chi connectivity index (χ0v) is 15.3. The van der Waals surface area contributed by atoms with E-state index >= 15 is 0 Å². The Kier molecular flexibility index (Phi) is 5.20. The summed E-state index contributed by atoms with van der Waals surface area (Å²) >= 11 is 0. The Hall–Kier alpha value is -2.18. The van der Waals surface area contributed by atoms with E-state index in [9.17, 15) is 8.42 Å². The van der Waals surface area contributed by atoms with E-state index in [2.05, 4.69) is 23.6 Å². The lowest BCUT2D eigenvalue weighted by Gasteiger charge is -2.09. The lowest BCUT2D eigenvalue weighted by atomic mass is 10.0. The van der Waals surface area contributed by atoms with Gasteiger partial charge in [0.1, 0.15) is 0 Å². The Morgan fingerprint density at radius 2 is 1.80 bits per heavy atom. The molecule has 6 heteroatoms. The molecule has 0 fully saturated rings. The monoisotopic (exact) mass is 357 g/mol. The molecule has 0 unspecified atom stereocenters. The standard InChI is InChI=1S/C19H23N3O2S/c1-15(2)13-16-7-9-17(10-8-16)25(23,24)21-11-12-22-14-20-18-5-3-4-6-19(18)22/h3-10,14-15,21H,11-13H2,1-2H3. The van der Waals surface area contributed by atoms with Crippen molar-refractivity contribution in [2.24, 2.45) is 5.92 Å². The molecule has 5 nitrogen and oxygen atoms in total. The van der Waals surface area contributed by atoms with Crippen molar-refractivity contribution in [3.63, 3.8) is 0 Å². The van der Waals surface area contributed by atoms with Gasteiger partial charge in [0, 0.05) is 13.1 Å². The molecule has 2 aromatic carbocycles. The van der Waals surface area contributed by atoms with Gasteiger partial charge in [-0.25, -0.2) is 18.1 Å². The number of hydrogen-bond donors (Lipinski definition) is 1. The molecule has 1 heterocycles. The zero-order chi connectivity index (χ0) is 17.9. The summed E-state index contributed by atoms with van der Waals surface area (Å²) < 4.78 is 29.5. The summed E-state index contributed by atoms with van der Waals surface area (Å²) in [5.74, 6) is 0.547. The first-order valence-electron chi connectivity index (χ1n) is 8.44. The highest BCUT2D eigenvalue weighted by molar-refractivity contribution is 7.89. The number of nitrogens with zero attached hydrogens (tertiary/aromatic N) is 2. The van der Waals surface area contributed by atoms with Crippen LogP contribution in [0.4, 0.5) is 0 Å². The number of fused-ring (bicyclic) bond motifs is 1. The lowest BCUT2D eigenvalue weighted by Crippen LogP contribution is -2.27. The highest BCUT2D eigenvalue weighted by atomic mass is 32.2. The van der Waals surface area contributed by atoms with Gasteiger partial charge >= 0.3 is 0 Å². The number of benzene rings is 2. The highest BCUT2D eigenvalue weighted by Crippen LogP contribution is 2.14. The summed E-state index contributed by atoms with van der Waals surface area (Å²) in [4.78, 5) is 4.61. The van der Waals surface area contributed by atoms with Crippen LogP contribution in [0.3, 0.4) is 0 Å². The molecular formula is C19H23N3O2S. The molecule has 0 saturated heterocycles. The summed E-state index contributed by atoms with van der Waals surface area (Å²) in [6, 6.07) is 14.9. The Bertz CT molecular complexity index is 944. The molecule has 0 amide bonds. The van der Waals surface area contributed by atoms with Gasteiger partial charge in [-0.2, -0.15) is 0 Å². The third-order valence-electron chi connectivity index (χ3n) is 4.05. The van der Waals surface area contributed by atoms with E-state index in [1.807, 2.05) is 41.0 Å². The van der Waals surface area contributed by atoms with Gasteiger partial charge in [-0.05, 0) is 42.2 Å². The lowest BCUT2D eigenvalue weighted by molar-refractivity contribution is 0.574. The van der Waals surface area contributed by atoms with Gasteiger partial charge in [-0.3, -0.25) is 0 Å². The summed E-state index contributed by atoms with van der Waals surface area (Å²) in [7, 11) is -3.50. The molecule has 0 saturated carbocycles.